The highest BCUT2D eigenvalue weighted by Gasteiger charge is 2.11. The van der Waals surface area contributed by atoms with Crippen molar-refractivity contribution >= 4 is 17.3 Å². The van der Waals surface area contributed by atoms with Crippen molar-refractivity contribution in [1.29, 1.82) is 0 Å². The van der Waals surface area contributed by atoms with E-state index in [0.717, 1.165) is 22.7 Å². The Morgan fingerprint density at radius 3 is 2.55 bits per heavy atom. The molecule has 4 heteroatoms. The number of nitrogens with two attached hydrogens (primary N) is 1. The number of aliphatic hydroxyl groups excluding tert-OH is 1. The first-order chi connectivity index (χ1) is 9.54. The van der Waals surface area contributed by atoms with Crippen LogP contribution >= 0.6 is 11.6 Å². The lowest BCUT2D eigenvalue weighted by Gasteiger charge is -2.21. The number of nitrogens with zero attached hydrogens (tertiary/aromatic N) is 1. The highest BCUT2D eigenvalue weighted by atomic mass is 35.5. The van der Waals surface area contributed by atoms with Crippen molar-refractivity contribution in [2.24, 2.45) is 0 Å². The summed E-state index contributed by atoms with van der Waals surface area (Å²) in [6.07, 6.45) is -0.546. The first-order valence-electron chi connectivity index (χ1n) is 6.51. The second kappa shape index (κ2) is 6.75. The third-order valence-corrected chi connectivity index (χ3v) is 3.40. The van der Waals surface area contributed by atoms with E-state index in [1.807, 2.05) is 49.5 Å². The van der Waals surface area contributed by atoms with E-state index in [1.165, 1.54) is 0 Å². The zero-order chi connectivity index (χ0) is 14.5. The molecule has 2 aromatic rings. The minimum Gasteiger partial charge on any atom is -0.399 e. The lowest BCUT2D eigenvalue weighted by atomic mass is 10.1. The molecule has 0 aliphatic carbocycles. The van der Waals surface area contributed by atoms with Crippen LogP contribution in [0.15, 0.2) is 48.5 Å². The minimum atomic E-state index is -0.546. The molecule has 0 aromatic heterocycles. The zero-order valence-electron chi connectivity index (χ0n) is 11.5. The molecule has 0 aliphatic rings. The quantitative estimate of drug-likeness (QED) is 0.832. The molecule has 0 saturated heterocycles. The molecule has 0 radical (unpaired) electrons. The number of aliphatic hydroxyl groups is 1. The molecule has 0 heterocycles. The minimum absolute atomic E-state index is 0.546. The fourth-order valence-corrected chi connectivity index (χ4v) is 2.26. The van der Waals surface area contributed by atoms with Crippen LogP contribution in [0.25, 0.3) is 0 Å². The Hall–Kier alpha value is -1.55. The maximum atomic E-state index is 10.2. The number of hydrogen-bond acceptors (Lipinski definition) is 3. The van der Waals surface area contributed by atoms with E-state index in [-0.39, 0.29) is 0 Å². The summed E-state index contributed by atoms with van der Waals surface area (Å²) in [5.41, 5.74) is 8.40. The van der Waals surface area contributed by atoms with Gasteiger partial charge in [0.25, 0.3) is 0 Å². The Morgan fingerprint density at radius 2 is 1.90 bits per heavy atom. The molecular formula is C16H19ClN2O. The van der Waals surface area contributed by atoms with Crippen LogP contribution in [0.5, 0.6) is 0 Å². The van der Waals surface area contributed by atoms with E-state index in [2.05, 4.69) is 4.90 Å². The molecule has 0 saturated carbocycles. The van der Waals surface area contributed by atoms with Gasteiger partial charge in [-0.3, -0.25) is 4.90 Å². The number of anilines is 1. The predicted molar refractivity (Wildman–Crippen MR) is 83.6 cm³/mol. The highest BCUT2D eigenvalue weighted by Crippen LogP contribution is 2.18. The van der Waals surface area contributed by atoms with Crippen LogP contribution in [0.1, 0.15) is 17.2 Å². The fraction of sp³-hybridized carbons (Fsp3) is 0.250. The summed E-state index contributed by atoms with van der Waals surface area (Å²) in [7, 11) is 1.98. The van der Waals surface area contributed by atoms with Crippen LogP contribution in [0.2, 0.25) is 5.02 Å². The summed E-state index contributed by atoms with van der Waals surface area (Å²) in [6.45, 7) is 1.31. The van der Waals surface area contributed by atoms with Gasteiger partial charge in [-0.1, -0.05) is 35.9 Å². The molecule has 2 aromatic carbocycles. The van der Waals surface area contributed by atoms with Crippen molar-refractivity contribution in [2.75, 3.05) is 19.3 Å². The number of halogens is 1. The van der Waals surface area contributed by atoms with Crippen LogP contribution in [-0.4, -0.2) is 23.6 Å². The van der Waals surface area contributed by atoms with Gasteiger partial charge in [-0.25, -0.2) is 0 Å². The van der Waals surface area contributed by atoms with E-state index in [0.29, 0.717) is 12.2 Å². The zero-order valence-corrected chi connectivity index (χ0v) is 12.2. The third kappa shape index (κ3) is 4.23. The largest absolute Gasteiger partial charge is 0.399 e. The Labute approximate surface area is 124 Å². The number of nitrogen functional groups attached to an aromatic ring is 1. The van der Waals surface area contributed by atoms with Gasteiger partial charge in [0.2, 0.25) is 0 Å². The monoisotopic (exact) mass is 290 g/mol. The molecule has 3 N–H and O–H groups in total. The summed E-state index contributed by atoms with van der Waals surface area (Å²) in [5.74, 6) is 0. The second-order valence-corrected chi connectivity index (χ2v) is 5.45. The number of hydrogen-bond donors (Lipinski definition) is 2. The molecule has 0 bridgehead atoms. The highest BCUT2D eigenvalue weighted by molar-refractivity contribution is 6.30. The summed E-state index contributed by atoms with van der Waals surface area (Å²) in [6, 6.07) is 15.1. The second-order valence-electron chi connectivity index (χ2n) is 5.01. The predicted octanol–water partition coefficient (Wildman–Crippen LogP) is 3.09. The van der Waals surface area contributed by atoms with E-state index in [9.17, 15) is 5.11 Å². The van der Waals surface area contributed by atoms with Gasteiger partial charge in [-0.05, 0) is 42.4 Å². The molecule has 3 nitrogen and oxygen atoms in total. The molecule has 1 unspecified atom stereocenters. The summed E-state index contributed by atoms with van der Waals surface area (Å²) < 4.78 is 0. The standard InChI is InChI=1S/C16H19ClN2O/c1-19(10-12-5-7-14(17)8-6-12)11-16(20)13-3-2-4-15(18)9-13/h2-9,16,20H,10-11,18H2,1H3. The average molecular weight is 291 g/mol. The summed E-state index contributed by atoms with van der Waals surface area (Å²) in [5, 5.41) is 11.0. The summed E-state index contributed by atoms with van der Waals surface area (Å²) in [4.78, 5) is 2.07. The van der Waals surface area contributed by atoms with Gasteiger partial charge in [0, 0.05) is 23.8 Å². The van der Waals surface area contributed by atoms with Crippen molar-refractivity contribution in [1.82, 2.24) is 4.90 Å². The van der Waals surface area contributed by atoms with Gasteiger partial charge in [-0.2, -0.15) is 0 Å². The van der Waals surface area contributed by atoms with Crippen LogP contribution in [-0.2, 0) is 6.54 Å². The Kier molecular flexibility index (Phi) is 5.01. The van der Waals surface area contributed by atoms with E-state index < -0.39 is 6.10 Å². The van der Waals surface area contributed by atoms with E-state index >= 15 is 0 Å². The molecule has 1 atom stereocenters. The topological polar surface area (TPSA) is 49.5 Å². The lowest BCUT2D eigenvalue weighted by Crippen LogP contribution is -2.24. The molecule has 0 fully saturated rings. The fourth-order valence-electron chi connectivity index (χ4n) is 2.13. The Morgan fingerprint density at radius 1 is 1.20 bits per heavy atom. The van der Waals surface area contributed by atoms with Crippen LogP contribution in [0.3, 0.4) is 0 Å². The average Bonchev–Trinajstić information content (AvgIpc) is 2.41. The van der Waals surface area contributed by atoms with Crippen molar-refractivity contribution < 1.29 is 5.11 Å². The number of rotatable bonds is 5. The van der Waals surface area contributed by atoms with E-state index in [4.69, 9.17) is 17.3 Å². The van der Waals surface area contributed by atoms with Gasteiger partial charge >= 0.3 is 0 Å². The van der Waals surface area contributed by atoms with Gasteiger partial charge in [0.1, 0.15) is 0 Å². The van der Waals surface area contributed by atoms with Gasteiger partial charge in [-0.15, -0.1) is 0 Å². The number of likely N-dealkylation sites (N-methyl/N-ethyl adjacent to an activating group) is 1. The molecule has 0 amide bonds. The molecule has 0 aliphatic heterocycles. The Balaban J connectivity index is 1.93. The van der Waals surface area contributed by atoms with Crippen LogP contribution < -0.4 is 5.73 Å². The third-order valence-electron chi connectivity index (χ3n) is 3.15. The maximum Gasteiger partial charge on any atom is 0.0917 e. The van der Waals surface area contributed by atoms with Crippen LogP contribution in [0, 0.1) is 0 Å². The van der Waals surface area contributed by atoms with E-state index in [1.54, 1.807) is 6.07 Å². The first kappa shape index (κ1) is 14.9. The first-order valence-corrected chi connectivity index (χ1v) is 6.89. The SMILES string of the molecule is CN(Cc1ccc(Cl)cc1)CC(O)c1cccc(N)c1. The Bertz CT molecular complexity index is 557. The normalized spacial score (nSPS) is 12.6. The van der Waals surface area contributed by atoms with Crippen molar-refractivity contribution in [3.63, 3.8) is 0 Å². The van der Waals surface area contributed by atoms with Crippen molar-refractivity contribution in [3.05, 3.63) is 64.7 Å². The smallest absolute Gasteiger partial charge is 0.0917 e. The molecule has 0 spiro atoms. The van der Waals surface area contributed by atoms with Crippen LogP contribution in [0.4, 0.5) is 5.69 Å². The molecule has 20 heavy (non-hydrogen) atoms. The molecular weight excluding hydrogens is 272 g/mol. The van der Waals surface area contributed by atoms with Crippen molar-refractivity contribution in [3.8, 4) is 0 Å². The maximum absolute atomic E-state index is 10.2. The summed E-state index contributed by atoms with van der Waals surface area (Å²) >= 11 is 5.86. The van der Waals surface area contributed by atoms with Crippen molar-refractivity contribution in [2.45, 2.75) is 12.6 Å². The molecule has 106 valence electrons. The number of benzene rings is 2. The van der Waals surface area contributed by atoms with Gasteiger partial charge in [0.15, 0.2) is 0 Å². The van der Waals surface area contributed by atoms with Gasteiger partial charge in [0.05, 0.1) is 6.10 Å². The molecule has 2 rings (SSSR count). The van der Waals surface area contributed by atoms with Gasteiger partial charge < -0.3 is 10.8 Å². The lowest BCUT2D eigenvalue weighted by molar-refractivity contribution is 0.124.